The Kier molecular flexibility index (Phi) is 7.83. The number of aromatic amines is 1. The molecule has 0 aliphatic carbocycles. The number of likely N-dealkylation sites (N-methyl/N-ethyl adjacent to an activating group) is 1. The molecular weight excluding hydrogens is 535 g/mol. The highest BCUT2D eigenvalue weighted by Crippen LogP contribution is 2.30. The first kappa shape index (κ1) is 27.7. The standard InChI is InChI=1S/C28H30FN6O4S/c1-3-4-15-40(38,39)35(37)24-9-5-7-20(26(24)29)27(36)22-18-31-28-21(22)16-19(17-30-28)23-8-6-10-25(32-23)34-13-11-33(2)12-14-34/h5-10,16-18H,3-4,11-15H2,1-2H3,(H,30,31)/q-1. The predicted octanol–water partition coefficient (Wildman–Crippen LogP) is 4.18. The molecule has 0 amide bonds. The number of benzene rings is 1. The van der Waals surface area contributed by atoms with E-state index in [0.717, 1.165) is 38.1 Å². The van der Waals surface area contributed by atoms with E-state index in [0.29, 0.717) is 28.7 Å². The number of anilines is 2. The maximum atomic E-state index is 15.4. The Morgan fingerprint density at radius 1 is 1.12 bits per heavy atom. The van der Waals surface area contributed by atoms with Crippen molar-refractivity contribution in [2.24, 2.45) is 0 Å². The maximum absolute atomic E-state index is 15.4. The topological polar surface area (TPSA) is 126 Å². The SMILES string of the molecule is CCCCS(=O)(=O)N([O-])c1cccc(C(=O)c2c[nH]c3ncc(-c4cccc(N5CCN(C)CC5)n4)cc23)c1F. The van der Waals surface area contributed by atoms with Gasteiger partial charge in [-0.15, -0.1) is 0 Å². The minimum atomic E-state index is -4.28. The lowest BCUT2D eigenvalue weighted by atomic mass is 10.0. The lowest BCUT2D eigenvalue weighted by molar-refractivity contribution is 0.103. The number of sulfonamides is 1. The van der Waals surface area contributed by atoms with Crippen molar-refractivity contribution in [1.82, 2.24) is 19.9 Å². The van der Waals surface area contributed by atoms with Crippen LogP contribution in [0.5, 0.6) is 0 Å². The molecular formula is C28H30FN6O4S-. The molecule has 1 fully saturated rings. The Balaban J connectivity index is 1.47. The molecule has 1 aromatic carbocycles. The first-order valence-electron chi connectivity index (χ1n) is 13.1. The summed E-state index contributed by atoms with van der Waals surface area (Å²) in [6.45, 7) is 5.41. The van der Waals surface area contributed by atoms with Crippen molar-refractivity contribution < 1.29 is 17.6 Å². The quantitative estimate of drug-likeness (QED) is 0.237. The van der Waals surface area contributed by atoms with E-state index in [1.54, 1.807) is 19.2 Å². The smallest absolute Gasteiger partial charge is 0.225 e. The first-order valence-corrected chi connectivity index (χ1v) is 14.7. The van der Waals surface area contributed by atoms with Crippen molar-refractivity contribution in [3.63, 3.8) is 0 Å². The molecule has 1 N–H and O–H groups in total. The second kappa shape index (κ2) is 11.3. The van der Waals surface area contributed by atoms with Gasteiger partial charge in [0.1, 0.15) is 11.5 Å². The van der Waals surface area contributed by atoms with Crippen molar-refractivity contribution in [1.29, 1.82) is 0 Å². The van der Waals surface area contributed by atoms with Gasteiger partial charge in [-0.25, -0.2) is 22.8 Å². The van der Waals surface area contributed by atoms with Gasteiger partial charge in [0.2, 0.25) is 10.0 Å². The number of H-pyrrole nitrogens is 1. The molecule has 12 heteroatoms. The number of fused-ring (bicyclic) bond motifs is 1. The third-order valence-electron chi connectivity index (χ3n) is 7.06. The van der Waals surface area contributed by atoms with Gasteiger partial charge in [-0.05, 0) is 43.8 Å². The number of hydrogen-bond acceptors (Lipinski definition) is 8. The van der Waals surface area contributed by atoms with Gasteiger partial charge in [0.25, 0.3) is 0 Å². The number of carbonyl (C=O) groups is 1. The average molecular weight is 566 g/mol. The van der Waals surface area contributed by atoms with Gasteiger partial charge >= 0.3 is 0 Å². The van der Waals surface area contributed by atoms with E-state index in [-0.39, 0.29) is 16.5 Å². The van der Waals surface area contributed by atoms with Crippen molar-refractivity contribution >= 4 is 38.3 Å². The number of unbranched alkanes of at least 4 members (excludes halogenated alkanes) is 1. The van der Waals surface area contributed by atoms with Crippen LogP contribution < -0.4 is 9.37 Å². The van der Waals surface area contributed by atoms with E-state index < -0.39 is 38.6 Å². The van der Waals surface area contributed by atoms with E-state index >= 15 is 4.39 Å². The normalized spacial score (nSPS) is 14.6. The van der Waals surface area contributed by atoms with E-state index in [1.807, 2.05) is 18.2 Å². The highest BCUT2D eigenvalue weighted by Gasteiger charge is 2.24. The molecule has 0 spiro atoms. The number of rotatable bonds is 9. The van der Waals surface area contributed by atoms with Gasteiger partial charge < -0.3 is 24.5 Å². The van der Waals surface area contributed by atoms with Crippen molar-refractivity contribution in [3.8, 4) is 11.3 Å². The van der Waals surface area contributed by atoms with Crippen molar-refractivity contribution in [2.75, 3.05) is 48.3 Å². The number of pyridine rings is 2. The molecule has 1 aliphatic heterocycles. The van der Waals surface area contributed by atoms with Crippen LogP contribution in [-0.2, 0) is 10.0 Å². The van der Waals surface area contributed by atoms with Gasteiger partial charge in [0.15, 0.2) is 11.6 Å². The van der Waals surface area contributed by atoms with Crippen molar-refractivity contribution in [2.45, 2.75) is 19.8 Å². The Bertz CT molecular complexity index is 1650. The van der Waals surface area contributed by atoms with Crippen LogP contribution in [0.15, 0.2) is 54.9 Å². The van der Waals surface area contributed by atoms with E-state index in [9.17, 15) is 18.4 Å². The molecule has 3 aromatic heterocycles. The third kappa shape index (κ3) is 5.42. The fourth-order valence-electron chi connectivity index (χ4n) is 4.67. The average Bonchev–Trinajstić information content (AvgIpc) is 3.39. The fourth-order valence-corrected chi connectivity index (χ4v) is 5.93. The summed E-state index contributed by atoms with van der Waals surface area (Å²) < 4.78 is 39.9. The van der Waals surface area contributed by atoms with Crippen LogP contribution in [0.25, 0.3) is 22.3 Å². The number of hydrogen-bond donors (Lipinski definition) is 1. The summed E-state index contributed by atoms with van der Waals surface area (Å²) in [5.41, 5.74) is 0.793. The summed E-state index contributed by atoms with van der Waals surface area (Å²) >= 11 is 0. The van der Waals surface area contributed by atoms with Crippen LogP contribution in [0.3, 0.4) is 0 Å². The monoisotopic (exact) mass is 565 g/mol. The summed E-state index contributed by atoms with van der Waals surface area (Å²) in [4.78, 5) is 30.2. The number of piperazine rings is 1. The second-order valence-electron chi connectivity index (χ2n) is 9.86. The third-order valence-corrected chi connectivity index (χ3v) is 8.57. The van der Waals surface area contributed by atoms with Crippen LogP contribution >= 0.6 is 0 Å². The predicted molar refractivity (Wildman–Crippen MR) is 153 cm³/mol. The summed E-state index contributed by atoms with van der Waals surface area (Å²) in [6.07, 6.45) is 3.90. The fraction of sp³-hybridized carbons (Fsp3) is 0.321. The number of carbonyl (C=O) groups excluding carboxylic acids is 1. The highest BCUT2D eigenvalue weighted by atomic mass is 32.2. The minimum Gasteiger partial charge on any atom is -0.744 e. The Hall–Kier alpha value is -3.87. The lowest BCUT2D eigenvalue weighted by Gasteiger charge is -2.33. The zero-order valence-corrected chi connectivity index (χ0v) is 23.1. The number of halogens is 1. The summed E-state index contributed by atoms with van der Waals surface area (Å²) in [5.74, 6) is -1.46. The molecule has 1 aliphatic rings. The Labute approximate surface area is 232 Å². The van der Waals surface area contributed by atoms with Crippen LogP contribution in [0.2, 0.25) is 0 Å². The minimum absolute atomic E-state index is 0.141. The van der Waals surface area contributed by atoms with Crippen LogP contribution in [0.1, 0.15) is 35.7 Å². The molecule has 40 heavy (non-hydrogen) atoms. The van der Waals surface area contributed by atoms with Crippen LogP contribution in [0.4, 0.5) is 15.9 Å². The summed E-state index contributed by atoms with van der Waals surface area (Å²) in [7, 11) is -2.19. The van der Waals surface area contributed by atoms with E-state index in [2.05, 4.69) is 26.8 Å². The number of aromatic nitrogens is 3. The van der Waals surface area contributed by atoms with Gasteiger partial charge in [-0.3, -0.25) is 4.79 Å². The van der Waals surface area contributed by atoms with E-state index in [1.165, 1.54) is 18.3 Å². The Morgan fingerprint density at radius 2 is 1.88 bits per heavy atom. The molecule has 0 saturated carbocycles. The molecule has 210 valence electrons. The van der Waals surface area contributed by atoms with E-state index in [4.69, 9.17) is 4.98 Å². The van der Waals surface area contributed by atoms with Gasteiger partial charge in [-0.2, -0.15) is 0 Å². The molecule has 5 rings (SSSR count). The largest absolute Gasteiger partial charge is 0.744 e. The van der Waals surface area contributed by atoms with Gasteiger partial charge in [-0.1, -0.05) is 25.5 Å². The van der Waals surface area contributed by atoms with Crippen LogP contribution in [-0.4, -0.2) is 73.0 Å². The number of ketones is 1. The molecule has 0 atom stereocenters. The molecule has 4 heterocycles. The molecule has 10 nitrogen and oxygen atoms in total. The molecule has 1 saturated heterocycles. The molecule has 0 radical (unpaired) electrons. The molecule has 0 bridgehead atoms. The highest BCUT2D eigenvalue weighted by molar-refractivity contribution is 7.92. The first-order chi connectivity index (χ1) is 19.2. The maximum Gasteiger partial charge on any atom is 0.225 e. The zero-order chi connectivity index (χ0) is 28.4. The summed E-state index contributed by atoms with van der Waals surface area (Å²) in [6, 6.07) is 11.1. The number of nitrogens with zero attached hydrogens (tertiary/aromatic N) is 5. The molecule has 4 aromatic rings. The lowest BCUT2D eigenvalue weighted by Crippen LogP contribution is -2.44. The van der Waals surface area contributed by atoms with Gasteiger partial charge in [0, 0.05) is 55.1 Å². The second-order valence-corrected chi connectivity index (χ2v) is 11.8. The Morgan fingerprint density at radius 3 is 2.62 bits per heavy atom. The van der Waals surface area contributed by atoms with Crippen molar-refractivity contribution in [3.05, 3.63) is 77.0 Å². The zero-order valence-electron chi connectivity index (χ0n) is 22.3. The van der Waals surface area contributed by atoms with Crippen LogP contribution in [0, 0.1) is 11.0 Å². The van der Waals surface area contributed by atoms with Gasteiger partial charge in [0.05, 0.1) is 22.7 Å². The molecule has 0 unspecified atom stereocenters. The summed E-state index contributed by atoms with van der Waals surface area (Å²) in [5, 5.41) is 13.0. The number of nitrogens with one attached hydrogen (secondary N) is 1.